The molecule has 0 saturated carbocycles. The molecule has 8 nitrogen and oxygen atoms in total. The Bertz CT molecular complexity index is 1310. The van der Waals surface area contributed by atoms with E-state index in [4.69, 9.17) is 19.9 Å². The molecule has 212 valence electrons. The van der Waals surface area contributed by atoms with Crippen LogP contribution in [-0.4, -0.2) is 82.1 Å². The van der Waals surface area contributed by atoms with Crippen LogP contribution in [0, 0.1) is 0 Å². The molecule has 0 spiro atoms. The summed E-state index contributed by atoms with van der Waals surface area (Å²) in [6, 6.07) is 20.5. The van der Waals surface area contributed by atoms with Gasteiger partial charge in [0.05, 0.1) is 11.4 Å². The highest BCUT2D eigenvalue weighted by Gasteiger charge is 2.18. The largest absolute Gasteiger partial charge is 0.368 e. The minimum atomic E-state index is 0.582. The maximum Gasteiger partial charge on any atom is 0.226 e. The third-order valence-electron chi connectivity index (χ3n) is 7.29. The third-order valence-corrected chi connectivity index (χ3v) is 7.29. The van der Waals surface area contributed by atoms with Gasteiger partial charge in [0.25, 0.3) is 0 Å². The third kappa shape index (κ3) is 7.73. The molecule has 0 saturated heterocycles. The fourth-order valence-electron chi connectivity index (χ4n) is 4.84. The molecule has 0 unspecified atom stereocenters. The van der Waals surface area contributed by atoms with E-state index in [1.807, 2.05) is 36.4 Å². The number of nitrogens with one attached hydrogen (secondary N) is 2. The quantitative estimate of drug-likeness (QED) is 0.166. The molecule has 0 fully saturated rings. The molecule has 0 amide bonds. The Hall–Kier alpha value is -3.62. The number of aromatic nitrogens is 4. The van der Waals surface area contributed by atoms with Gasteiger partial charge in [0.1, 0.15) is 0 Å². The zero-order valence-corrected chi connectivity index (χ0v) is 24.5. The SMILES string of the molecule is CCN(CC)CCCNc1nc(NCCCN(CC)CC)c2nc(-c3ccccc3)c(-c3ccccc3)nc2n1. The van der Waals surface area contributed by atoms with Crippen molar-refractivity contribution >= 4 is 22.9 Å². The van der Waals surface area contributed by atoms with Gasteiger partial charge < -0.3 is 20.4 Å². The van der Waals surface area contributed by atoms with E-state index in [0.29, 0.717) is 17.1 Å². The smallest absolute Gasteiger partial charge is 0.226 e. The number of rotatable bonds is 16. The van der Waals surface area contributed by atoms with Crippen molar-refractivity contribution in [2.24, 2.45) is 0 Å². The van der Waals surface area contributed by atoms with Crippen molar-refractivity contribution in [2.45, 2.75) is 40.5 Å². The number of nitrogens with zero attached hydrogens (tertiary/aromatic N) is 6. The standard InChI is InChI=1S/C32H44N8/c1-5-39(6-2)23-15-21-33-30-29-31(38-32(37-30)34-22-16-24-40(7-3)8-4)36-28(26-19-13-10-14-20-26)27(35-29)25-17-11-9-12-18-25/h9-14,17-20H,5-8,15-16,21-24H2,1-4H3,(H2,33,34,36,37,38). The minimum absolute atomic E-state index is 0.582. The molecule has 0 aliphatic carbocycles. The summed E-state index contributed by atoms with van der Waals surface area (Å²) in [6.07, 6.45) is 2.03. The Labute approximate surface area is 239 Å². The van der Waals surface area contributed by atoms with E-state index in [1.165, 1.54) is 0 Å². The lowest BCUT2D eigenvalue weighted by atomic mass is 10.0. The predicted octanol–water partition coefficient (Wildman–Crippen LogP) is 6.04. The predicted molar refractivity (Wildman–Crippen MR) is 168 cm³/mol. The van der Waals surface area contributed by atoms with Crippen LogP contribution in [0.1, 0.15) is 40.5 Å². The van der Waals surface area contributed by atoms with Gasteiger partial charge in [-0.15, -0.1) is 0 Å². The highest BCUT2D eigenvalue weighted by atomic mass is 15.2. The van der Waals surface area contributed by atoms with Crippen molar-refractivity contribution in [1.29, 1.82) is 0 Å². The lowest BCUT2D eigenvalue weighted by Gasteiger charge is -2.19. The molecule has 40 heavy (non-hydrogen) atoms. The van der Waals surface area contributed by atoms with Crippen molar-refractivity contribution < 1.29 is 0 Å². The maximum atomic E-state index is 5.16. The van der Waals surface area contributed by atoms with Crippen molar-refractivity contribution in [1.82, 2.24) is 29.7 Å². The molecule has 8 heteroatoms. The number of hydrogen-bond acceptors (Lipinski definition) is 8. The molecule has 2 aromatic heterocycles. The Morgan fingerprint density at radius 2 is 1.07 bits per heavy atom. The Morgan fingerprint density at radius 3 is 1.60 bits per heavy atom. The number of benzene rings is 2. The molecule has 2 aromatic carbocycles. The summed E-state index contributed by atoms with van der Waals surface area (Å²) in [4.78, 5) is 24.8. The normalized spacial score (nSPS) is 11.4. The van der Waals surface area contributed by atoms with Gasteiger partial charge in [-0.25, -0.2) is 9.97 Å². The number of fused-ring (bicyclic) bond motifs is 1. The lowest BCUT2D eigenvalue weighted by Crippen LogP contribution is -2.26. The van der Waals surface area contributed by atoms with E-state index in [2.05, 4.69) is 72.4 Å². The highest BCUT2D eigenvalue weighted by molar-refractivity contribution is 5.90. The molecule has 0 aliphatic rings. The van der Waals surface area contributed by atoms with Crippen molar-refractivity contribution in [2.75, 3.05) is 63.0 Å². The summed E-state index contributed by atoms with van der Waals surface area (Å²) < 4.78 is 0. The van der Waals surface area contributed by atoms with Crippen LogP contribution >= 0.6 is 0 Å². The van der Waals surface area contributed by atoms with E-state index in [-0.39, 0.29) is 0 Å². The van der Waals surface area contributed by atoms with Gasteiger partial charge in [-0.1, -0.05) is 88.4 Å². The first kappa shape index (κ1) is 29.4. The maximum absolute atomic E-state index is 5.16. The van der Waals surface area contributed by atoms with E-state index in [1.54, 1.807) is 0 Å². The van der Waals surface area contributed by atoms with Crippen molar-refractivity contribution in [3.05, 3.63) is 60.7 Å². The van der Waals surface area contributed by atoms with Crippen molar-refractivity contribution in [3.8, 4) is 22.5 Å². The van der Waals surface area contributed by atoms with Gasteiger partial charge in [-0.05, 0) is 52.1 Å². The Morgan fingerprint density at radius 1 is 0.575 bits per heavy atom. The summed E-state index contributed by atoms with van der Waals surface area (Å²) in [6.45, 7) is 16.7. The topological polar surface area (TPSA) is 82.1 Å². The summed E-state index contributed by atoms with van der Waals surface area (Å²) in [5.74, 6) is 1.30. The van der Waals surface area contributed by atoms with Crippen LogP contribution in [0.15, 0.2) is 60.7 Å². The fourth-order valence-corrected chi connectivity index (χ4v) is 4.84. The molecule has 0 bridgehead atoms. The zero-order chi connectivity index (χ0) is 28.2. The van der Waals surface area contributed by atoms with Crippen LogP contribution in [0.5, 0.6) is 0 Å². The van der Waals surface area contributed by atoms with Crippen molar-refractivity contribution in [3.63, 3.8) is 0 Å². The van der Waals surface area contributed by atoms with Crippen LogP contribution in [0.25, 0.3) is 33.7 Å². The lowest BCUT2D eigenvalue weighted by molar-refractivity contribution is 0.303. The monoisotopic (exact) mass is 540 g/mol. The molecule has 4 aromatic rings. The van der Waals surface area contributed by atoms with Crippen LogP contribution < -0.4 is 10.6 Å². The second kappa shape index (κ2) is 15.2. The molecule has 2 N–H and O–H groups in total. The average Bonchev–Trinajstić information content (AvgIpc) is 3.01. The van der Waals surface area contributed by atoms with Gasteiger partial charge in [0.15, 0.2) is 17.0 Å². The summed E-state index contributed by atoms with van der Waals surface area (Å²) >= 11 is 0. The molecule has 4 rings (SSSR count). The van der Waals surface area contributed by atoms with E-state index in [9.17, 15) is 0 Å². The van der Waals surface area contributed by atoms with Gasteiger partial charge in [0.2, 0.25) is 5.95 Å². The molecule has 2 heterocycles. The van der Waals surface area contributed by atoms with E-state index < -0.39 is 0 Å². The van der Waals surface area contributed by atoms with Crippen LogP contribution in [0.2, 0.25) is 0 Å². The van der Waals surface area contributed by atoms with E-state index in [0.717, 1.165) is 93.5 Å². The molecule has 0 radical (unpaired) electrons. The second-order valence-corrected chi connectivity index (χ2v) is 9.84. The number of anilines is 2. The van der Waals surface area contributed by atoms with Crippen LogP contribution in [0.4, 0.5) is 11.8 Å². The molecule has 0 atom stereocenters. The second-order valence-electron chi connectivity index (χ2n) is 9.84. The van der Waals surface area contributed by atoms with Crippen LogP contribution in [0.3, 0.4) is 0 Å². The number of hydrogen-bond donors (Lipinski definition) is 2. The molecular weight excluding hydrogens is 496 g/mol. The average molecular weight is 541 g/mol. The first-order valence-corrected chi connectivity index (χ1v) is 14.8. The van der Waals surface area contributed by atoms with Gasteiger partial charge in [0, 0.05) is 24.2 Å². The zero-order valence-electron chi connectivity index (χ0n) is 24.5. The summed E-state index contributed by atoms with van der Waals surface area (Å²) in [5.41, 5.74) is 4.95. The first-order valence-electron chi connectivity index (χ1n) is 14.8. The Kier molecular flexibility index (Phi) is 11.2. The first-order chi connectivity index (χ1) is 19.7. The Balaban J connectivity index is 1.70. The van der Waals surface area contributed by atoms with Gasteiger partial charge >= 0.3 is 0 Å². The van der Waals surface area contributed by atoms with Crippen LogP contribution in [-0.2, 0) is 0 Å². The molecular formula is C32H44N8. The molecule has 0 aliphatic heterocycles. The van der Waals surface area contributed by atoms with Gasteiger partial charge in [-0.3, -0.25) is 0 Å². The minimum Gasteiger partial charge on any atom is -0.368 e. The summed E-state index contributed by atoms with van der Waals surface area (Å²) in [7, 11) is 0. The highest BCUT2D eigenvalue weighted by Crippen LogP contribution is 2.32. The van der Waals surface area contributed by atoms with Gasteiger partial charge in [-0.2, -0.15) is 9.97 Å². The fraction of sp³-hybridized carbons (Fsp3) is 0.438. The van der Waals surface area contributed by atoms with E-state index >= 15 is 0 Å². The summed E-state index contributed by atoms with van der Waals surface area (Å²) in [5, 5.41) is 7.02.